The van der Waals surface area contributed by atoms with E-state index in [9.17, 15) is 4.39 Å². The second-order valence-corrected chi connectivity index (χ2v) is 4.69. The van der Waals surface area contributed by atoms with Gasteiger partial charge in [-0.2, -0.15) is 0 Å². The van der Waals surface area contributed by atoms with Gasteiger partial charge in [0.05, 0.1) is 14.2 Å². The Bertz CT molecular complexity index is 821. The predicted octanol–water partition coefficient (Wildman–Crippen LogP) is 4.13. The average Bonchev–Trinajstić information content (AvgIpc) is 2.55. The Morgan fingerprint density at radius 2 is 1.82 bits per heavy atom. The van der Waals surface area contributed by atoms with Gasteiger partial charge in [-0.15, -0.1) is 0 Å². The highest BCUT2D eigenvalue weighted by molar-refractivity contribution is 5.93. The topological polar surface area (TPSA) is 43.4 Å². The maximum absolute atomic E-state index is 13.8. The van der Waals surface area contributed by atoms with Gasteiger partial charge in [0.25, 0.3) is 0 Å². The van der Waals surface area contributed by atoms with Gasteiger partial charge in [0.1, 0.15) is 11.3 Å². The fraction of sp³-hybridized carbons (Fsp3) is 0.118. The highest BCUT2D eigenvalue weighted by Gasteiger charge is 2.08. The highest BCUT2D eigenvalue weighted by Crippen LogP contribution is 2.32. The monoisotopic (exact) mass is 298 g/mol. The molecule has 3 aromatic rings. The van der Waals surface area contributed by atoms with E-state index < -0.39 is 0 Å². The van der Waals surface area contributed by atoms with Crippen molar-refractivity contribution < 1.29 is 13.9 Å². The number of anilines is 2. The van der Waals surface area contributed by atoms with Gasteiger partial charge in [-0.05, 0) is 24.3 Å². The van der Waals surface area contributed by atoms with Gasteiger partial charge in [0, 0.05) is 29.0 Å². The van der Waals surface area contributed by atoms with Crippen LogP contribution in [0.4, 0.5) is 15.8 Å². The molecule has 5 heteroatoms. The van der Waals surface area contributed by atoms with Crippen LogP contribution in [0.25, 0.3) is 10.9 Å². The molecule has 4 nitrogen and oxygen atoms in total. The molecule has 0 radical (unpaired) electrons. The molecule has 0 saturated carbocycles. The molecule has 112 valence electrons. The molecule has 22 heavy (non-hydrogen) atoms. The molecular formula is C17H15FN2O2. The zero-order valence-corrected chi connectivity index (χ0v) is 12.3. The smallest absolute Gasteiger partial charge is 0.162 e. The second kappa shape index (κ2) is 5.89. The van der Waals surface area contributed by atoms with E-state index in [1.54, 1.807) is 32.5 Å². The van der Waals surface area contributed by atoms with Gasteiger partial charge in [-0.1, -0.05) is 12.1 Å². The molecule has 0 atom stereocenters. The number of ether oxygens (including phenoxy) is 2. The standard InChI is InChI=1S/C17H15FN2O2/c1-21-15-7-6-11(10-16(15)22-2)20-14-8-9-19-17-12(14)4-3-5-13(17)18/h3-10H,1-2H3,(H,19,20). The first-order valence-electron chi connectivity index (χ1n) is 6.75. The van der Waals surface area contributed by atoms with Crippen LogP contribution in [0.15, 0.2) is 48.7 Å². The Labute approximate surface area is 127 Å². The lowest BCUT2D eigenvalue weighted by Gasteiger charge is -2.12. The van der Waals surface area contributed by atoms with Crippen molar-refractivity contribution in [2.45, 2.75) is 0 Å². The minimum absolute atomic E-state index is 0.339. The molecule has 0 aliphatic rings. The number of aromatic nitrogens is 1. The summed E-state index contributed by atoms with van der Waals surface area (Å²) in [6.45, 7) is 0. The number of nitrogens with one attached hydrogen (secondary N) is 1. The molecule has 1 aromatic heterocycles. The van der Waals surface area contributed by atoms with Crippen LogP contribution in [-0.4, -0.2) is 19.2 Å². The Balaban J connectivity index is 2.02. The van der Waals surface area contributed by atoms with Gasteiger partial charge < -0.3 is 14.8 Å². The molecule has 1 N–H and O–H groups in total. The lowest BCUT2D eigenvalue weighted by atomic mass is 10.1. The average molecular weight is 298 g/mol. The third kappa shape index (κ3) is 2.53. The summed E-state index contributed by atoms with van der Waals surface area (Å²) < 4.78 is 24.3. The number of benzene rings is 2. The van der Waals surface area contributed by atoms with Crippen LogP contribution in [0.1, 0.15) is 0 Å². The SMILES string of the molecule is COc1ccc(Nc2ccnc3c(F)cccc23)cc1OC. The molecule has 3 rings (SSSR count). The first-order valence-corrected chi connectivity index (χ1v) is 6.75. The summed E-state index contributed by atoms with van der Waals surface area (Å²) in [7, 11) is 3.17. The third-order valence-corrected chi connectivity index (χ3v) is 3.38. The molecule has 0 saturated heterocycles. The van der Waals surface area contributed by atoms with Crippen molar-refractivity contribution in [1.29, 1.82) is 0 Å². The number of nitrogens with zero attached hydrogens (tertiary/aromatic N) is 1. The molecule has 0 spiro atoms. The molecule has 0 amide bonds. The van der Waals surface area contributed by atoms with E-state index in [0.717, 1.165) is 16.8 Å². The minimum Gasteiger partial charge on any atom is -0.493 e. The quantitative estimate of drug-likeness (QED) is 0.786. The number of pyridine rings is 1. The fourth-order valence-electron chi connectivity index (χ4n) is 2.32. The number of hydrogen-bond acceptors (Lipinski definition) is 4. The first kappa shape index (κ1) is 14.1. The molecule has 2 aromatic carbocycles. The van der Waals surface area contributed by atoms with Crippen molar-refractivity contribution in [1.82, 2.24) is 4.98 Å². The van der Waals surface area contributed by atoms with Gasteiger partial charge in [-0.3, -0.25) is 4.98 Å². The second-order valence-electron chi connectivity index (χ2n) is 4.69. The summed E-state index contributed by atoms with van der Waals surface area (Å²) in [5, 5.41) is 3.98. The maximum atomic E-state index is 13.8. The molecular weight excluding hydrogens is 283 g/mol. The molecule has 0 unspecified atom stereocenters. The summed E-state index contributed by atoms with van der Waals surface area (Å²) in [5.41, 5.74) is 1.93. The van der Waals surface area contributed by atoms with Crippen LogP contribution in [-0.2, 0) is 0 Å². The predicted molar refractivity (Wildman–Crippen MR) is 84.5 cm³/mol. The van der Waals surface area contributed by atoms with Crippen LogP contribution in [0.5, 0.6) is 11.5 Å². The van der Waals surface area contributed by atoms with Crippen LogP contribution in [0, 0.1) is 5.82 Å². The number of rotatable bonds is 4. The molecule has 0 aliphatic heterocycles. The van der Waals surface area contributed by atoms with Crippen molar-refractivity contribution in [3.8, 4) is 11.5 Å². The number of methoxy groups -OCH3 is 2. The maximum Gasteiger partial charge on any atom is 0.162 e. The first-order chi connectivity index (χ1) is 10.7. The molecule has 0 fully saturated rings. The van der Waals surface area contributed by atoms with Crippen LogP contribution in [0.3, 0.4) is 0 Å². The van der Waals surface area contributed by atoms with Crippen molar-refractivity contribution in [2.75, 3.05) is 19.5 Å². The van der Waals surface area contributed by atoms with Gasteiger partial charge >= 0.3 is 0 Å². The van der Waals surface area contributed by atoms with E-state index in [-0.39, 0.29) is 5.82 Å². The summed E-state index contributed by atoms with van der Waals surface area (Å²) in [6.07, 6.45) is 1.58. The normalized spacial score (nSPS) is 10.5. The summed E-state index contributed by atoms with van der Waals surface area (Å²) in [6, 6.07) is 12.2. The zero-order valence-electron chi connectivity index (χ0n) is 12.3. The van der Waals surface area contributed by atoms with E-state index in [4.69, 9.17) is 9.47 Å². The largest absolute Gasteiger partial charge is 0.493 e. The highest BCUT2D eigenvalue weighted by atomic mass is 19.1. The Hall–Kier alpha value is -2.82. The third-order valence-electron chi connectivity index (χ3n) is 3.38. The lowest BCUT2D eigenvalue weighted by Crippen LogP contribution is -1.96. The van der Waals surface area contributed by atoms with Crippen molar-refractivity contribution in [3.63, 3.8) is 0 Å². The van der Waals surface area contributed by atoms with E-state index in [0.29, 0.717) is 17.0 Å². The molecule has 0 aliphatic carbocycles. The number of hydrogen-bond donors (Lipinski definition) is 1. The van der Waals surface area contributed by atoms with E-state index in [2.05, 4.69) is 10.3 Å². The number of halogens is 1. The lowest BCUT2D eigenvalue weighted by molar-refractivity contribution is 0.355. The Morgan fingerprint density at radius 3 is 2.59 bits per heavy atom. The van der Waals surface area contributed by atoms with Crippen LogP contribution >= 0.6 is 0 Å². The molecule has 1 heterocycles. The zero-order chi connectivity index (χ0) is 15.5. The van der Waals surface area contributed by atoms with Crippen molar-refractivity contribution in [2.24, 2.45) is 0 Å². The van der Waals surface area contributed by atoms with Gasteiger partial charge in [-0.25, -0.2) is 4.39 Å². The van der Waals surface area contributed by atoms with Gasteiger partial charge in [0.15, 0.2) is 11.5 Å². The van der Waals surface area contributed by atoms with E-state index in [1.807, 2.05) is 24.3 Å². The van der Waals surface area contributed by atoms with Gasteiger partial charge in [0.2, 0.25) is 0 Å². The Morgan fingerprint density at radius 1 is 1.00 bits per heavy atom. The Kier molecular flexibility index (Phi) is 3.78. The summed E-state index contributed by atoms with van der Waals surface area (Å²) in [5.74, 6) is 0.934. The van der Waals surface area contributed by atoms with Crippen molar-refractivity contribution >= 4 is 22.3 Å². The van der Waals surface area contributed by atoms with Crippen LogP contribution < -0.4 is 14.8 Å². The summed E-state index contributed by atoms with van der Waals surface area (Å²) in [4.78, 5) is 4.08. The molecule has 0 bridgehead atoms. The number of para-hydroxylation sites is 1. The minimum atomic E-state index is -0.339. The van der Waals surface area contributed by atoms with E-state index in [1.165, 1.54) is 6.07 Å². The van der Waals surface area contributed by atoms with Crippen molar-refractivity contribution in [3.05, 3.63) is 54.5 Å². The summed E-state index contributed by atoms with van der Waals surface area (Å²) >= 11 is 0. The van der Waals surface area contributed by atoms with Crippen LogP contribution in [0.2, 0.25) is 0 Å². The van der Waals surface area contributed by atoms with E-state index >= 15 is 0 Å². The number of fused-ring (bicyclic) bond motifs is 1. The fourth-order valence-corrected chi connectivity index (χ4v) is 2.32.